The number of nitrogens with zero attached hydrogens (tertiary/aromatic N) is 3. The molecule has 0 bridgehead atoms. The van der Waals surface area contributed by atoms with Crippen molar-refractivity contribution in [1.82, 2.24) is 15.2 Å². The van der Waals surface area contributed by atoms with E-state index in [2.05, 4.69) is 19.9 Å². The van der Waals surface area contributed by atoms with Gasteiger partial charge in [0.1, 0.15) is 4.21 Å². The lowest BCUT2D eigenvalue weighted by Gasteiger charge is -2.05. The number of aromatic nitrogens is 3. The van der Waals surface area contributed by atoms with Crippen LogP contribution in [-0.4, -0.2) is 23.6 Å². The van der Waals surface area contributed by atoms with Crippen LogP contribution in [0.5, 0.6) is 0 Å². The van der Waals surface area contributed by atoms with E-state index in [-0.39, 0.29) is 10.2 Å². The molecule has 7 nitrogen and oxygen atoms in total. The molecule has 0 saturated carbocycles. The van der Waals surface area contributed by atoms with Gasteiger partial charge < -0.3 is 5.73 Å². The van der Waals surface area contributed by atoms with Crippen LogP contribution in [0.15, 0.2) is 16.3 Å². The number of hydrogen-bond acceptors (Lipinski definition) is 7. The minimum absolute atomic E-state index is 0.0363. The first-order valence-corrected chi connectivity index (χ1v) is 7.72. The molecule has 0 aromatic carbocycles. The molecule has 2 heterocycles. The molecule has 2 aromatic rings. The number of thiophene rings is 1. The fourth-order valence-electron chi connectivity index (χ4n) is 1.28. The van der Waals surface area contributed by atoms with Crippen molar-refractivity contribution in [3.8, 4) is 0 Å². The zero-order valence-electron chi connectivity index (χ0n) is 10.4. The SMILES string of the molecule is Cc1nnc(NS(=O)(=O)c2ccc(CN)s2)nc1C. The lowest BCUT2D eigenvalue weighted by Crippen LogP contribution is -2.15. The van der Waals surface area contributed by atoms with Crippen LogP contribution in [-0.2, 0) is 16.6 Å². The Kier molecular flexibility index (Phi) is 3.78. The van der Waals surface area contributed by atoms with Gasteiger partial charge in [-0.2, -0.15) is 5.10 Å². The summed E-state index contributed by atoms with van der Waals surface area (Å²) in [6.45, 7) is 3.79. The predicted molar refractivity (Wildman–Crippen MR) is 72.3 cm³/mol. The summed E-state index contributed by atoms with van der Waals surface area (Å²) in [4.78, 5) is 4.82. The summed E-state index contributed by atoms with van der Waals surface area (Å²) in [5, 5.41) is 7.53. The maximum Gasteiger partial charge on any atom is 0.273 e. The zero-order valence-corrected chi connectivity index (χ0v) is 12.0. The molecule has 102 valence electrons. The maximum atomic E-state index is 12.1. The van der Waals surface area contributed by atoms with Crippen LogP contribution >= 0.6 is 11.3 Å². The second kappa shape index (κ2) is 5.19. The highest BCUT2D eigenvalue weighted by molar-refractivity contribution is 7.94. The van der Waals surface area contributed by atoms with Crippen molar-refractivity contribution in [3.63, 3.8) is 0 Å². The summed E-state index contributed by atoms with van der Waals surface area (Å²) in [5.41, 5.74) is 6.74. The molecule has 2 aromatic heterocycles. The Balaban J connectivity index is 2.28. The van der Waals surface area contributed by atoms with E-state index in [1.54, 1.807) is 19.9 Å². The fraction of sp³-hybridized carbons (Fsp3) is 0.300. The van der Waals surface area contributed by atoms with Gasteiger partial charge in [-0.3, -0.25) is 0 Å². The molecule has 0 aliphatic carbocycles. The molecular weight excluding hydrogens is 286 g/mol. The number of nitrogens with one attached hydrogen (secondary N) is 1. The first-order chi connectivity index (χ1) is 8.92. The van der Waals surface area contributed by atoms with Crippen LogP contribution in [0.1, 0.15) is 16.3 Å². The number of rotatable bonds is 4. The molecule has 0 atom stereocenters. The maximum absolute atomic E-state index is 12.1. The van der Waals surface area contributed by atoms with E-state index in [0.717, 1.165) is 16.2 Å². The first kappa shape index (κ1) is 13.8. The summed E-state index contributed by atoms with van der Waals surface area (Å²) < 4.78 is 26.6. The summed E-state index contributed by atoms with van der Waals surface area (Å²) in [5.74, 6) is -0.0363. The third-order valence-corrected chi connectivity index (χ3v) is 5.35. The fourth-order valence-corrected chi connectivity index (χ4v) is 3.46. The smallest absolute Gasteiger partial charge is 0.273 e. The molecule has 0 unspecified atom stereocenters. The van der Waals surface area contributed by atoms with E-state index in [9.17, 15) is 8.42 Å². The Morgan fingerprint density at radius 2 is 2.00 bits per heavy atom. The molecule has 0 amide bonds. The van der Waals surface area contributed by atoms with Gasteiger partial charge in [-0.15, -0.1) is 16.4 Å². The molecule has 0 aliphatic rings. The first-order valence-electron chi connectivity index (χ1n) is 5.42. The van der Waals surface area contributed by atoms with E-state index < -0.39 is 10.0 Å². The van der Waals surface area contributed by atoms with Gasteiger partial charge in [-0.1, -0.05) is 0 Å². The normalized spacial score (nSPS) is 11.5. The van der Waals surface area contributed by atoms with E-state index in [1.807, 2.05) is 0 Å². The van der Waals surface area contributed by atoms with Crippen molar-refractivity contribution in [3.05, 3.63) is 28.4 Å². The second-order valence-corrected chi connectivity index (χ2v) is 6.91. The average Bonchev–Trinajstić information content (AvgIpc) is 2.83. The third kappa shape index (κ3) is 3.06. The summed E-state index contributed by atoms with van der Waals surface area (Å²) in [6, 6.07) is 3.18. The molecule has 3 N–H and O–H groups in total. The zero-order chi connectivity index (χ0) is 14.0. The van der Waals surface area contributed by atoms with E-state index >= 15 is 0 Å². The largest absolute Gasteiger partial charge is 0.326 e. The Morgan fingerprint density at radius 1 is 1.26 bits per heavy atom. The number of nitrogens with two attached hydrogens (primary N) is 1. The van der Waals surface area contributed by atoms with Crippen molar-refractivity contribution in [2.75, 3.05) is 4.72 Å². The Morgan fingerprint density at radius 3 is 2.58 bits per heavy atom. The molecule has 0 fully saturated rings. The van der Waals surface area contributed by atoms with Gasteiger partial charge in [0, 0.05) is 11.4 Å². The van der Waals surface area contributed by atoms with Gasteiger partial charge in [0.15, 0.2) is 0 Å². The minimum atomic E-state index is -3.68. The lowest BCUT2D eigenvalue weighted by molar-refractivity contribution is 0.602. The quantitative estimate of drug-likeness (QED) is 0.864. The molecule has 0 aliphatic heterocycles. The molecule has 0 saturated heterocycles. The van der Waals surface area contributed by atoms with Gasteiger partial charge >= 0.3 is 0 Å². The third-order valence-electron chi connectivity index (χ3n) is 2.42. The average molecular weight is 299 g/mol. The Hall–Kier alpha value is -1.58. The van der Waals surface area contributed by atoms with Crippen LogP contribution in [0, 0.1) is 13.8 Å². The van der Waals surface area contributed by atoms with Gasteiger partial charge in [0.05, 0.1) is 11.4 Å². The van der Waals surface area contributed by atoms with Crippen molar-refractivity contribution >= 4 is 27.3 Å². The highest BCUT2D eigenvalue weighted by Crippen LogP contribution is 2.22. The van der Waals surface area contributed by atoms with E-state index in [0.29, 0.717) is 17.9 Å². The van der Waals surface area contributed by atoms with Crippen molar-refractivity contribution in [1.29, 1.82) is 0 Å². The topological polar surface area (TPSA) is 111 Å². The summed E-state index contributed by atoms with van der Waals surface area (Å²) in [6.07, 6.45) is 0. The molecule has 19 heavy (non-hydrogen) atoms. The Bertz CT molecular complexity index is 696. The lowest BCUT2D eigenvalue weighted by atomic mass is 10.4. The van der Waals surface area contributed by atoms with Crippen LogP contribution in [0.4, 0.5) is 5.95 Å². The molecular formula is C10H13N5O2S2. The number of hydrogen-bond donors (Lipinski definition) is 2. The van der Waals surface area contributed by atoms with E-state index in [1.165, 1.54) is 6.07 Å². The van der Waals surface area contributed by atoms with Gasteiger partial charge in [0.2, 0.25) is 0 Å². The van der Waals surface area contributed by atoms with Crippen LogP contribution < -0.4 is 10.5 Å². The van der Waals surface area contributed by atoms with Crippen molar-refractivity contribution in [2.24, 2.45) is 5.73 Å². The standard InChI is InChI=1S/C10H13N5O2S2/c1-6-7(2)13-14-10(12-6)15-19(16,17)9-4-3-8(5-11)18-9/h3-4H,5,11H2,1-2H3,(H,12,14,15). The van der Waals surface area contributed by atoms with Crippen molar-refractivity contribution < 1.29 is 8.42 Å². The summed E-state index contributed by atoms with van der Waals surface area (Å²) in [7, 11) is -3.68. The van der Waals surface area contributed by atoms with Crippen molar-refractivity contribution in [2.45, 2.75) is 24.6 Å². The van der Waals surface area contributed by atoms with Gasteiger partial charge in [-0.05, 0) is 26.0 Å². The minimum Gasteiger partial charge on any atom is -0.326 e. The van der Waals surface area contributed by atoms with Gasteiger partial charge in [0.25, 0.3) is 16.0 Å². The number of sulfonamides is 1. The number of aryl methyl sites for hydroxylation is 2. The van der Waals surface area contributed by atoms with Crippen LogP contribution in [0.3, 0.4) is 0 Å². The van der Waals surface area contributed by atoms with E-state index in [4.69, 9.17) is 5.73 Å². The monoisotopic (exact) mass is 299 g/mol. The predicted octanol–water partition coefficient (Wildman–Crippen LogP) is 0.809. The Labute approximate surface area is 115 Å². The molecule has 2 rings (SSSR count). The van der Waals surface area contributed by atoms with Crippen LogP contribution in [0.2, 0.25) is 0 Å². The highest BCUT2D eigenvalue weighted by Gasteiger charge is 2.18. The van der Waals surface area contributed by atoms with Crippen LogP contribution in [0.25, 0.3) is 0 Å². The molecule has 9 heteroatoms. The second-order valence-electron chi connectivity index (χ2n) is 3.84. The highest BCUT2D eigenvalue weighted by atomic mass is 32.2. The van der Waals surface area contributed by atoms with Gasteiger partial charge in [-0.25, -0.2) is 18.1 Å². The molecule has 0 radical (unpaired) electrons. The summed E-state index contributed by atoms with van der Waals surface area (Å²) >= 11 is 1.11. The number of anilines is 1. The molecule has 0 spiro atoms.